The quantitative estimate of drug-likeness (QED) is 0.329. The van der Waals surface area contributed by atoms with Gasteiger partial charge in [0.05, 0.1) is 27.9 Å². The Morgan fingerprint density at radius 2 is 2.03 bits per heavy atom. The number of nitrogens with zero attached hydrogens (tertiary/aromatic N) is 3. The summed E-state index contributed by atoms with van der Waals surface area (Å²) in [7, 11) is 1.44. The van der Waals surface area contributed by atoms with Gasteiger partial charge in [0.25, 0.3) is 5.91 Å². The number of nitrogens with one attached hydrogen (secondary N) is 2. The van der Waals surface area contributed by atoms with E-state index in [0.717, 1.165) is 23.5 Å². The van der Waals surface area contributed by atoms with Crippen LogP contribution in [-0.2, 0) is 13.2 Å². The summed E-state index contributed by atoms with van der Waals surface area (Å²) >= 11 is 0.750. The van der Waals surface area contributed by atoms with Crippen molar-refractivity contribution in [1.82, 2.24) is 10.3 Å². The molecule has 0 fully saturated rings. The van der Waals surface area contributed by atoms with E-state index in [0.29, 0.717) is 0 Å². The number of carbonyl (C=O) groups is 1. The fraction of sp³-hybridized carbons (Fsp3) is 0.105. The lowest BCUT2D eigenvalue weighted by atomic mass is 10.0. The number of aromatic amines is 1. The molecule has 0 saturated heterocycles. The van der Waals surface area contributed by atoms with Crippen LogP contribution in [0.25, 0.3) is 21.5 Å². The Kier molecular flexibility index (Phi) is 5.05. The number of para-hydroxylation sites is 1. The molecule has 3 heterocycles. The minimum atomic E-state index is -4.70. The molecule has 10 nitrogen and oxygen atoms in total. The number of nitrogens with two attached hydrogens (primary N) is 2. The summed E-state index contributed by atoms with van der Waals surface area (Å²) in [6.07, 6.45) is -4.70. The van der Waals surface area contributed by atoms with Gasteiger partial charge in [-0.1, -0.05) is 16.8 Å². The second kappa shape index (κ2) is 7.64. The predicted octanol–water partition coefficient (Wildman–Crippen LogP) is 2.38. The number of amides is 1. The van der Waals surface area contributed by atoms with Crippen molar-refractivity contribution in [3.63, 3.8) is 0 Å². The van der Waals surface area contributed by atoms with Gasteiger partial charge >= 0.3 is 17.5 Å². The maximum Gasteiger partial charge on any atom is 0.435 e. The molecule has 0 aliphatic heterocycles. The molecule has 0 atom stereocenters. The van der Waals surface area contributed by atoms with E-state index in [1.807, 2.05) is 6.07 Å². The van der Waals surface area contributed by atoms with E-state index in [2.05, 4.69) is 15.6 Å². The number of rotatable bonds is 3. The average molecular weight is 476 g/mol. The average Bonchev–Trinajstić information content (AvgIpc) is 3.25. The van der Waals surface area contributed by atoms with Gasteiger partial charge in [-0.2, -0.15) is 18.4 Å². The van der Waals surface area contributed by atoms with Crippen LogP contribution in [0.3, 0.4) is 0 Å². The molecule has 3 aromatic heterocycles. The number of thiophene rings is 1. The van der Waals surface area contributed by atoms with Crippen LogP contribution in [0.15, 0.2) is 33.6 Å². The minimum absolute atomic E-state index is 0.0130. The summed E-state index contributed by atoms with van der Waals surface area (Å²) in [6.45, 7) is 0. The molecule has 4 aromatic rings. The van der Waals surface area contributed by atoms with Crippen molar-refractivity contribution in [3.8, 4) is 17.3 Å². The zero-order valence-electron chi connectivity index (χ0n) is 16.6. The van der Waals surface area contributed by atoms with Crippen molar-refractivity contribution < 1.29 is 27.2 Å². The highest BCUT2D eigenvalue weighted by molar-refractivity contribution is 7.21. The summed E-state index contributed by atoms with van der Waals surface area (Å²) in [5.74, 6) is -1.16. The van der Waals surface area contributed by atoms with Crippen molar-refractivity contribution in [2.24, 2.45) is 7.05 Å². The number of fused-ring (bicyclic) bond motifs is 1. The largest absolute Gasteiger partial charge is 0.435 e. The predicted molar refractivity (Wildman–Crippen MR) is 112 cm³/mol. The number of hydrogen-bond donors (Lipinski definition) is 4. The molecular weight excluding hydrogens is 463 g/mol. The minimum Gasteiger partial charge on any atom is -0.397 e. The Morgan fingerprint density at radius 1 is 1.33 bits per heavy atom. The second-order valence-electron chi connectivity index (χ2n) is 6.77. The van der Waals surface area contributed by atoms with E-state index in [4.69, 9.17) is 16.0 Å². The van der Waals surface area contributed by atoms with Crippen molar-refractivity contribution in [3.05, 3.63) is 50.7 Å². The number of anilines is 3. The first-order chi connectivity index (χ1) is 15.5. The summed E-state index contributed by atoms with van der Waals surface area (Å²) in [5.41, 5.74) is 9.25. The third-order valence-corrected chi connectivity index (χ3v) is 5.84. The number of carbonyl (C=O) groups excluding carboxylic acids is 1. The number of aromatic nitrogens is 3. The number of nitriles is 1. The van der Waals surface area contributed by atoms with E-state index in [9.17, 15) is 28.0 Å². The molecule has 0 saturated carbocycles. The van der Waals surface area contributed by atoms with Crippen LogP contribution in [0.4, 0.5) is 30.4 Å². The lowest BCUT2D eigenvalue weighted by Crippen LogP contribution is -2.34. The Bertz CT molecular complexity index is 1530. The molecule has 33 heavy (non-hydrogen) atoms. The van der Waals surface area contributed by atoms with E-state index in [1.165, 1.54) is 23.9 Å². The van der Waals surface area contributed by atoms with Crippen LogP contribution < -0.4 is 27.1 Å². The topological polar surface area (TPSA) is 168 Å². The molecule has 1 amide bonds. The van der Waals surface area contributed by atoms with Crippen LogP contribution in [0.2, 0.25) is 0 Å². The molecule has 0 aliphatic rings. The summed E-state index contributed by atoms with van der Waals surface area (Å²) in [6, 6.07) is 6.32. The molecule has 0 spiro atoms. The second-order valence-corrected chi connectivity index (χ2v) is 7.77. The molecule has 6 N–H and O–H groups in total. The highest BCUT2D eigenvalue weighted by Gasteiger charge is 2.35. The van der Waals surface area contributed by atoms with Crippen LogP contribution in [0, 0.1) is 11.3 Å². The molecule has 0 aliphatic carbocycles. The first-order valence-corrected chi connectivity index (χ1v) is 9.83. The smallest absolute Gasteiger partial charge is 0.397 e. The van der Waals surface area contributed by atoms with Gasteiger partial charge in [-0.3, -0.25) is 9.32 Å². The van der Waals surface area contributed by atoms with E-state index < -0.39 is 29.0 Å². The molecule has 1 aromatic carbocycles. The van der Waals surface area contributed by atoms with Crippen LogP contribution >= 0.6 is 11.3 Å². The number of halogens is 3. The Labute approximate surface area is 185 Å². The van der Waals surface area contributed by atoms with Gasteiger partial charge in [-0.15, -0.1) is 11.3 Å². The van der Waals surface area contributed by atoms with Gasteiger partial charge in [0.1, 0.15) is 27.2 Å². The Balaban J connectivity index is 1.92. The van der Waals surface area contributed by atoms with Gasteiger partial charge in [0, 0.05) is 0 Å². The third kappa shape index (κ3) is 3.53. The van der Waals surface area contributed by atoms with Gasteiger partial charge in [-0.25, -0.2) is 9.78 Å². The fourth-order valence-electron chi connectivity index (χ4n) is 3.32. The number of pyridine rings is 1. The first kappa shape index (κ1) is 21.8. The first-order valence-electron chi connectivity index (χ1n) is 9.01. The summed E-state index contributed by atoms with van der Waals surface area (Å²) in [5, 5.41) is 14.2. The highest BCUT2D eigenvalue weighted by Crippen LogP contribution is 2.42. The van der Waals surface area contributed by atoms with Crippen molar-refractivity contribution in [1.29, 1.82) is 5.26 Å². The lowest BCUT2D eigenvalue weighted by molar-refractivity contribution is -0.730. The monoisotopic (exact) mass is 476 g/mol. The van der Waals surface area contributed by atoms with Crippen LogP contribution in [0.1, 0.15) is 20.8 Å². The Hall–Kier alpha value is -4.38. The van der Waals surface area contributed by atoms with Crippen molar-refractivity contribution in [2.75, 3.05) is 16.8 Å². The number of aryl methyl sites for hydroxylation is 1. The highest BCUT2D eigenvalue weighted by atomic mass is 32.1. The van der Waals surface area contributed by atoms with E-state index in [-0.39, 0.29) is 43.4 Å². The maximum atomic E-state index is 13.3. The maximum absolute atomic E-state index is 13.3. The van der Waals surface area contributed by atoms with Gasteiger partial charge in [-0.05, 0) is 17.4 Å². The fourth-order valence-corrected chi connectivity index (χ4v) is 4.32. The SMILES string of the molecule is C[n+]1[nH]oc(=O)c1-c1c(C#N)c(N)nc2sc(C(=O)Nc3ccccc3C(F)(F)F)c(N)c12. The number of H-pyrrole nitrogens is 1. The molecule has 168 valence electrons. The van der Waals surface area contributed by atoms with Gasteiger partial charge in [0.15, 0.2) is 7.05 Å². The molecule has 0 radical (unpaired) electrons. The van der Waals surface area contributed by atoms with Gasteiger partial charge < -0.3 is 16.8 Å². The van der Waals surface area contributed by atoms with E-state index >= 15 is 0 Å². The standard InChI is InChI=1S/C19H12F3N7O3S/c1-29-13(18(31)32-28-29)10-7(6-23)15(25)27-17-11(10)12(24)14(33-17)16(30)26-9-5-3-2-4-8(9)19(20,21)22/h2-5H,1H3,(H5-,24,25,26,27,28,30,31)/p+1. The zero-order valence-corrected chi connectivity index (χ0v) is 17.4. The van der Waals surface area contributed by atoms with E-state index in [1.54, 1.807) is 0 Å². The molecular formula is C19H13F3N7O3S+. The lowest BCUT2D eigenvalue weighted by Gasteiger charge is -2.13. The summed E-state index contributed by atoms with van der Waals surface area (Å²) in [4.78, 5) is 29.2. The number of hydrogen-bond acceptors (Lipinski definition) is 8. The molecule has 0 bridgehead atoms. The zero-order chi connectivity index (χ0) is 24.1. The normalized spacial score (nSPS) is 11.5. The van der Waals surface area contributed by atoms with Gasteiger partial charge in [0.2, 0.25) is 0 Å². The molecule has 0 unspecified atom stereocenters. The number of benzene rings is 1. The molecule has 14 heteroatoms. The van der Waals surface area contributed by atoms with Crippen LogP contribution in [0.5, 0.6) is 0 Å². The van der Waals surface area contributed by atoms with Crippen molar-refractivity contribution >= 4 is 44.7 Å². The summed E-state index contributed by atoms with van der Waals surface area (Å²) < 4.78 is 45.8. The number of nitrogen functional groups attached to an aromatic ring is 2. The number of alkyl halides is 3. The van der Waals surface area contributed by atoms with Crippen molar-refractivity contribution in [2.45, 2.75) is 6.18 Å². The van der Waals surface area contributed by atoms with Crippen LogP contribution in [-0.4, -0.2) is 16.2 Å². The Morgan fingerprint density at radius 3 is 2.64 bits per heavy atom. The third-order valence-electron chi connectivity index (χ3n) is 4.74. The molecule has 4 rings (SSSR count).